The molecule has 1 N–H and O–H groups in total. The zero-order valence-electron chi connectivity index (χ0n) is 14.0. The quantitative estimate of drug-likeness (QED) is 0.746. The molecule has 0 aliphatic carbocycles. The number of nitrogens with one attached hydrogen (secondary N) is 1. The van der Waals surface area contributed by atoms with Gasteiger partial charge in [0.1, 0.15) is 0 Å². The van der Waals surface area contributed by atoms with E-state index in [0.717, 1.165) is 18.5 Å². The molecule has 0 bridgehead atoms. The van der Waals surface area contributed by atoms with E-state index in [1.165, 1.54) is 0 Å². The predicted octanol–water partition coefficient (Wildman–Crippen LogP) is 2.16. The number of hydrogen-bond donors (Lipinski definition) is 1. The number of aryl methyl sites for hydroxylation is 1. The van der Waals surface area contributed by atoms with Crippen LogP contribution < -0.4 is 5.32 Å². The minimum atomic E-state index is -1.56. The first-order valence-electron chi connectivity index (χ1n) is 7.36. The Kier molecular flexibility index (Phi) is 6.29. The van der Waals surface area contributed by atoms with E-state index in [9.17, 15) is 4.79 Å². The van der Waals surface area contributed by atoms with E-state index < -0.39 is 13.0 Å². The van der Waals surface area contributed by atoms with Crippen LogP contribution in [0.5, 0.6) is 0 Å². The topological polar surface area (TPSA) is 69.0 Å². The molecule has 0 fully saturated rings. The Hall–Kier alpha value is -1.00. The molecule has 6 nitrogen and oxygen atoms in total. The van der Waals surface area contributed by atoms with Gasteiger partial charge in [0.15, 0.2) is 13.8 Å². The van der Waals surface area contributed by atoms with Gasteiger partial charge in [-0.25, -0.2) is 0 Å². The smallest absolute Gasteiger partial charge is 0.222 e. The molecule has 0 saturated heterocycles. The van der Waals surface area contributed by atoms with Gasteiger partial charge in [0.2, 0.25) is 5.91 Å². The maximum Gasteiger partial charge on any atom is 0.222 e. The van der Waals surface area contributed by atoms with Gasteiger partial charge >= 0.3 is 0 Å². The van der Waals surface area contributed by atoms with Crippen LogP contribution in [0.3, 0.4) is 0 Å². The lowest BCUT2D eigenvalue weighted by Gasteiger charge is -2.29. The second-order valence-electron chi connectivity index (χ2n) is 6.03. The summed E-state index contributed by atoms with van der Waals surface area (Å²) < 4.78 is 8.06. The van der Waals surface area contributed by atoms with Gasteiger partial charge < -0.3 is 10.1 Å². The number of carbonyl (C=O) groups is 1. The largest absolute Gasteiger partial charge is 0.359 e. The van der Waals surface area contributed by atoms with Gasteiger partial charge in [-0.05, 0) is 25.0 Å². The minimum Gasteiger partial charge on any atom is -0.359 e. The van der Waals surface area contributed by atoms with Gasteiger partial charge in [-0.2, -0.15) is 0 Å². The van der Waals surface area contributed by atoms with E-state index in [1.807, 2.05) is 24.5 Å². The van der Waals surface area contributed by atoms with Gasteiger partial charge in [0.05, 0.1) is 37.2 Å². The Morgan fingerprint density at radius 1 is 1.48 bits per heavy atom. The Morgan fingerprint density at radius 3 is 2.62 bits per heavy atom. The third kappa shape index (κ3) is 5.04. The SMILES string of the molecule is CCc1cn([P+](C)(C)COC(C)(CC)CC(=O)NC)nn1. The van der Waals surface area contributed by atoms with Crippen LogP contribution in [-0.4, -0.2) is 53.0 Å². The van der Waals surface area contributed by atoms with E-state index in [2.05, 4.69) is 35.9 Å². The highest BCUT2D eigenvalue weighted by Crippen LogP contribution is 2.52. The standard InChI is InChI=1S/C14H27N4O2P/c1-7-12-10-18(17-16-12)21(5,6)11-20-14(3,8-2)9-13(19)15-4/h10H,7-9,11H2,1-6H3/p+1. The lowest BCUT2D eigenvalue weighted by molar-refractivity contribution is -0.127. The Bertz CT molecular complexity index is 475. The number of rotatable bonds is 8. The first kappa shape index (κ1) is 18.1. The fraction of sp³-hybridized carbons (Fsp3) is 0.786. The molecule has 1 aromatic rings. The van der Waals surface area contributed by atoms with Crippen molar-refractivity contribution in [2.45, 2.75) is 45.6 Å². The van der Waals surface area contributed by atoms with Crippen molar-refractivity contribution >= 4 is 13.3 Å². The van der Waals surface area contributed by atoms with Crippen molar-refractivity contribution < 1.29 is 9.53 Å². The number of amides is 1. The van der Waals surface area contributed by atoms with Crippen LogP contribution >= 0.6 is 7.41 Å². The number of carbonyl (C=O) groups excluding carboxylic acids is 1. The van der Waals surface area contributed by atoms with Gasteiger partial charge in [-0.15, -0.1) is 9.55 Å². The van der Waals surface area contributed by atoms with Gasteiger partial charge in [0, 0.05) is 7.05 Å². The fourth-order valence-electron chi connectivity index (χ4n) is 1.79. The van der Waals surface area contributed by atoms with E-state index in [0.29, 0.717) is 12.8 Å². The van der Waals surface area contributed by atoms with Crippen molar-refractivity contribution in [1.82, 2.24) is 20.1 Å². The molecule has 1 aromatic heterocycles. The van der Waals surface area contributed by atoms with Crippen molar-refractivity contribution in [3.63, 3.8) is 0 Å². The van der Waals surface area contributed by atoms with Crippen molar-refractivity contribution in [1.29, 1.82) is 0 Å². The van der Waals surface area contributed by atoms with Gasteiger partial charge in [-0.3, -0.25) is 4.79 Å². The van der Waals surface area contributed by atoms with E-state index in [-0.39, 0.29) is 5.91 Å². The van der Waals surface area contributed by atoms with Crippen molar-refractivity contribution in [2.75, 3.05) is 26.7 Å². The summed E-state index contributed by atoms with van der Waals surface area (Å²) in [5.41, 5.74) is 0.553. The molecule has 21 heavy (non-hydrogen) atoms. The molecule has 1 heterocycles. The van der Waals surface area contributed by atoms with E-state index in [1.54, 1.807) is 7.05 Å². The summed E-state index contributed by atoms with van der Waals surface area (Å²) in [5.74, 6) is 0.00418. The van der Waals surface area contributed by atoms with Crippen LogP contribution in [0, 0.1) is 0 Å². The number of nitrogens with zero attached hydrogens (tertiary/aromatic N) is 3. The number of hydrogen-bond acceptors (Lipinski definition) is 4. The molecule has 0 aliphatic heterocycles. The fourth-order valence-corrected chi connectivity index (χ4v) is 3.24. The summed E-state index contributed by atoms with van der Waals surface area (Å²) in [6, 6.07) is 0. The Labute approximate surface area is 128 Å². The highest BCUT2D eigenvalue weighted by Gasteiger charge is 2.35. The van der Waals surface area contributed by atoms with Crippen LogP contribution in [0.25, 0.3) is 0 Å². The van der Waals surface area contributed by atoms with Crippen LogP contribution in [0.1, 0.15) is 39.3 Å². The Balaban J connectivity index is 2.71. The maximum atomic E-state index is 11.6. The summed E-state index contributed by atoms with van der Waals surface area (Å²) >= 11 is 0. The first-order chi connectivity index (χ1) is 9.76. The lowest BCUT2D eigenvalue weighted by atomic mass is 9.98. The van der Waals surface area contributed by atoms with Gasteiger partial charge in [-0.1, -0.05) is 13.8 Å². The summed E-state index contributed by atoms with van der Waals surface area (Å²) in [4.78, 5) is 11.6. The van der Waals surface area contributed by atoms with E-state index >= 15 is 0 Å². The molecule has 7 heteroatoms. The molecular formula is C14H28N4O2P+. The first-order valence-corrected chi connectivity index (χ1v) is 10.2. The second-order valence-corrected chi connectivity index (χ2v) is 9.94. The second kappa shape index (κ2) is 7.32. The molecule has 1 amide bonds. The third-order valence-corrected chi connectivity index (χ3v) is 5.80. The lowest BCUT2D eigenvalue weighted by Crippen LogP contribution is -2.36. The summed E-state index contributed by atoms with van der Waals surface area (Å²) in [6.45, 7) is 10.4. The van der Waals surface area contributed by atoms with Crippen LogP contribution in [-0.2, 0) is 16.0 Å². The molecule has 120 valence electrons. The van der Waals surface area contributed by atoms with Crippen LogP contribution in [0.2, 0.25) is 0 Å². The Morgan fingerprint density at radius 2 is 2.14 bits per heavy atom. The molecule has 1 unspecified atom stereocenters. The monoisotopic (exact) mass is 315 g/mol. The average molecular weight is 315 g/mol. The highest BCUT2D eigenvalue weighted by atomic mass is 31.2. The highest BCUT2D eigenvalue weighted by molar-refractivity contribution is 7.72. The van der Waals surface area contributed by atoms with Crippen molar-refractivity contribution in [3.8, 4) is 0 Å². The molecule has 0 aromatic carbocycles. The van der Waals surface area contributed by atoms with Gasteiger partial charge in [0.25, 0.3) is 0 Å². The minimum absolute atomic E-state index is 0.00418. The van der Waals surface area contributed by atoms with Crippen molar-refractivity contribution in [3.05, 3.63) is 11.9 Å². The maximum absolute atomic E-state index is 11.6. The van der Waals surface area contributed by atoms with Crippen molar-refractivity contribution in [2.24, 2.45) is 0 Å². The summed E-state index contributed by atoms with van der Waals surface area (Å²) in [5, 5.41) is 11.0. The zero-order chi connectivity index (χ0) is 16.1. The molecule has 1 atom stereocenters. The summed E-state index contributed by atoms with van der Waals surface area (Å²) in [7, 11) is 0.0902. The molecule has 0 aliphatic rings. The van der Waals surface area contributed by atoms with Crippen LogP contribution in [0.4, 0.5) is 0 Å². The zero-order valence-corrected chi connectivity index (χ0v) is 14.9. The molecule has 0 spiro atoms. The van der Waals surface area contributed by atoms with Crippen LogP contribution in [0.15, 0.2) is 6.20 Å². The number of ether oxygens (including phenoxy) is 1. The van der Waals surface area contributed by atoms with E-state index in [4.69, 9.17) is 4.74 Å². The predicted molar refractivity (Wildman–Crippen MR) is 86.9 cm³/mol. The molecule has 0 radical (unpaired) electrons. The molecular weight excluding hydrogens is 287 g/mol. The number of aromatic nitrogens is 3. The normalized spacial score (nSPS) is 14.8. The molecule has 0 saturated carbocycles. The summed E-state index contributed by atoms with van der Waals surface area (Å²) in [6.07, 6.45) is 4.62. The average Bonchev–Trinajstić information content (AvgIpc) is 2.95. The molecule has 1 rings (SSSR count). The third-order valence-electron chi connectivity index (χ3n) is 3.74.